The summed E-state index contributed by atoms with van der Waals surface area (Å²) in [7, 11) is 0. The first kappa shape index (κ1) is 15.3. The number of hydrogen-bond acceptors (Lipinski definition) is 4. The molecule has 0 amide bonds. The number of nitrogens with one attached hydrogen (secondary N) is 1. The Balaban J connectivity index is 2.06. The molecule has 1 fully saturated rings. The highest BCUT2D eigenvalue weighted by Crippen LogP contribution is 2.35. The fourth-order valence-electron chi connectivity index (χ4n) is 2.42. The van der Waals surface area contributed by atoms with Crippen molar-refractivity contribution >= 4 is 23.1 Å². The largest absolute Gasteiger partial charge is 0.433 e. The van der Waals surface area contributed by atoms with Crippen molar-refractivity contribution in [2.75, 3.05) is 16.8 Å². The molecule has 0 aromatic carbocycles. The minimum absolute atomic E-state index is 0.185. The molecule has 7 heteroatoms. The molecule has 1 saturated carbocycles. The van der Waals surface area contributed by atoms with E-state index in [-0.39, 0.29) is 11.7 Å². The van der Waals surface area contributed by atoms with E-state index in [2.05, 4.69) is 17.2 Å². The third-order valence-electron chi connectivity index (χ3n) is 3.37. The second-order valence-electron chi connectivity index (χ2n) is 4.89. The zero-order valence-corrected chi connectivity index (χ0v) is 12.0. The number of anilines is 2. The van der Waals surface area contributed by atoms with Gasteiger partial charge in [0.15, 0.2) is 0 Å². The SMILES string of the molecule is CCSC1CCC(Nc2cc(C(F)(F)F)ncc2N)C1. The van der Waals surface area contributed by atoms with Crippen LogP contribution >= 0.6 is 11.8 Å². The second-order valence-corrected chi connectivity index (χ2v) is 6.46. The van der Waals surface area contributed by atoms with E-state index < -0.39 is 11.9 Å². The van der Waals surface area contributed by atoms with Gasteiger partial charge in [-0.15, -0.1) is 0 Å². The van der Waals surface area contributed by atoms with Crippen molar-refractivity contribution in [2.45, 2.75) is 43.7 Å². The Labute approximate surface area is 120 Å². The fraction of sp³-hybridized carbons (Fsp3) is 0.615. The maximum atomic E-state index is 12.6. The molecule has 0 saturated heterocycles. The molecule has 1 aromatic rings. The lowest BCUT2D eigenvalue weighted by molar-refractivity contribution is -0.141. The third kappa shape index (κ3) is 3.71. The van der Waals surface area contributed by atoms with Crippen molar-refractivity contribution in [3.05, 3.63) is 18.0 Å². The lowest BCUT2D eigenvalue weighted by Crippen LogP contribution is -2.18. The van der Waals surface area contributed by atoms with Crippen LogP contribution in [0, 0.1) is 0 Å². The van der Waals surface area contributed by atoms with Crippen LogP contribution in [0.4, 0.5) is 24.5 Å². The van der Waals surface area contributed by atoms with Crippen LogP contribution < -0.4 is 11.1 Å². The number of hydrogen-bond donors (Lipinski definition) is 2. The van der Waals surface area contributed by atoms with Crippen LogP contribution in [0.15, 0.2) is 12.3 Å². The van der Waals surface area contributed by atoms with E-state index >= 15 is 0 Å². The molecule has 1 aliphatic rings. The number of alkyl halides is 3. The van der Waals surface area contributed by atoms with Gasteiger partial charge in [0.05, 0.1) is 17.6 Å². The van der Waals surface area contributed by atoms with Gasteiger partial charge < -0.3 is 11.1 Å². The lowest BCUT2D eigenvalue weighted by atomic mass is 10.2. The second kappa shape index (κ2) is 6.11. The Morgan fingerprint density at radius 1 is 1.45 bits per heavy atom. The molecule has 3 nitrogen and oxygen atoms in total. The van der Waals surface area contributed by atoms with Gasteiger partial charge in [0.1, 0.15) is 5.69 Å². The first-order valence-electron chi connectivity index (χ1n) is 6.61. The van der Waals surface area contributed by atoms with E-state index in [1.165, 1.54) is 0 Å². The number of nitrogen functional groups attached to an aromatic ring is 1. The standard InChI is InChI=1S/C13H18F3N3S/c1-2-20-9-4-3-8(5-9)19-11-6-12(13(14,15)16)18-7-10(11)17/h6-9H,2-5,17H2,1H3,(H,18,19). The predicted octanol–water partition coefficient (Wildman–Crippen LogP) is 3.77. The number of thioether (sulfide) groups is 1. The Morgan fingerprint density at radius 2 is 2.20 bits per heavy atom. The number of rotatable bonds is 4. The van der Waals surface area contributed by atoms with Crippen LogP contribution in [-0.4, -0.2) is 22.0 Å². The summed E-state index contributed by atoms with van der Waals surface area (Å²) in [5, 5.41) is 3.72. The lowest BCUT2D eigenvalue weighted by Gasteiger charge is -2.17. The number of halogens is 3. The Hall–Kier alpha value is -1.11. The highest BCUT2D eigenvalue weighted by Gasteiger charge is 2.33. The van der Waals surface area contributed by atoms with Crippen LogP contribution in [0.3, 0.4) is 0 Å². The van der Waals surface area contributed by atoms with Crippen molar-refractivity contribution in [3.8, 4) is 0 Å². The minimum atomic E-state index is -4.44. The number of aromatic nitrogens is 1. The maximum absolute atomic E-state index is 12.6. The van der Waals surface area contributed by atoms with Crippen molar-refractivity contribution in [2.24, 2.45) is 0 Å². The Kier molecular flexibility index (Phi) is 4.67. The van der Waals surface area contributed by atoms with Gasteiger partial charge in [-0.25, -0.2) is 4.98 Å². The summed E-state index contributed by atoms with van der Waals surface area (Å²) in [5.74, 6) is 1.06. The first-order valence-corrected chi connectivity index (χ1v) is 7.66. The summed E-state index contributed by atoms with van der Waals surface area (Å²) < 4.78 is 37.9. The summed E-state index contributed by atoms with van der Waals surface area (Å²) in [5.41, 5.74) is 5.38. The quantitative estimate of drug-likeness (QED) is 0.889. The van der Waals surface area contributed by atoms with Gasteiger partial charge in [-0.05, 0) is 31.1 Å². The molecule has 3 N–H and O–H groups in total. The van der Waals surface area contributed by atoms with Crippen molar-refractivity contribution in [3.63, 3.8) is 0 Å². The molecule has 0 radical (unpaired) electrons. The van der Waals surface area contributed by atoms with E-state index in [9.17, 15) is 13.2 Å². The average Bonchev–Trinajstić information content (AvgIpc) is 2.78. The zero-order chi connectivity index (χ0) is 14.8. The van der Waals surface area contributed by atoms with Crippen molar-refractivity contribution in [1.29, 1.82) is 0 Å². The maximum Gasteiger partial charge on any atom is 0.433 e. The normalized spacial score (nSPS) is 23.0. The smallest absolute Gasteiger partial charge is 0.396 e. The summed E-state index contributed by atoms with van der Waals surface area (Å²) in [6, 6.07) is 1.18. The van der Waals surface area contributed by atoms with Crippen molar-refractivity contribution in [1.82, 2.24) is 4.98 Å². The number of nitrogens with zero attached hydrogens (tertiary/aromatic N) is 1. The highest BCUT2D eigenvalue weighted by atomic mass is 32.2. The van der Waals surface area contributed by atoms with Gasteiger partial charge >= 0.3 is 6.18 Å². The van der Waals surface area contributed by atoms with Crippen LogP contribution in [-0.2, 0) is 6.18 Å². The molecule has 2 unspecified atom stereocenters. The van der Waals surface area contributed by atoms with Crippen molar-refractivity contribution < 1.29 is 13.2 Å². The summed E-state index contributed by atoms with van der Waals surface area (Å²) in [4.78, 5) is 3.34. The van der Waals surface area contributed by atoms with Crippen LogP contribution in [0.1, 0.15) is 31.9 Å². The molecule has 112 valence electrons. The Bertz CT molecular complexity index is 465. The monoisotopic (exact) mass is 305 g/mol. The molecular weight excluding hydrogens is 287 g/mol. The predicted molar refractivity (Wildman–Crippen MR) is 76.8 cm³/mol. The van der Waals surface area contributed by atoms with Crippen LogP contribution in [0.2, 0.25) is 0 Å². The number of pyridine rings is 1. The summed E-state index contributed by atoms with van der Waals surface area (Å²) in [6.07, 6.45) is -0.367. The zero-order valence-electron chi connectivity index (χ0n) is 11.2. The molecule has 20 heavy (non-hydrogen) atoms. The van der Waals surface area contributed by atoms with E-state index in [1.807, 2.05) is 11.8 Å². The molecule has 2 rings (SSSR count). The van der Waals surface area contributed by atoms with Crippen LogP contribution in [0.25, 0.3) is 0 Å². The van der Waals surface area contributed by atoms with Gasteiger partial charge in [-0.3, -0.25) is 0 Å². The van der Waals surface area contributed by atoms with Gasteiger partial charge in [-0.2, -0.15) is 24.9 Å². The molecule has 1 aromatic heterocycles. The van der Waals surface area contributed by atoms with E-state index in [4.69, 9.17) is 5.73 Å². The molecule has 2 atom stereocenters. The van der Waals surface area contributed by atoms with Gasteiger partial charge in [0.2, 0.25) is 0 Å². The number of nitrogens with two attached hydrogens (primary N) is 1. The fourth-order valence-corrected chi connectivity index (χ4v) is 3.57. The van der Waals surface area contributed by atoms with Gasteiger partial charge in [0.25, 0.3) is 0 Å². The molecule has 1 aliphatic carbocycles. The minimum Gasteiger partial charge on any atom is -0.396 e. The van der Waals surface area contributed by atoms with Crippen LogP contribution in [0.5, 0.6) is 0 Å². The third-order valence-corrected chi connectivity index (χ3v) is 4.60. The van der Waals surface area contributed by atoms with E-state index in [0.29, 0.717) is 10.9 Å². The average molecular weight is 305 g/mol. The summed E-state index contributed by atoms with van der Waals surface area (Å²) >= 11 is 1.90. The molecular formula is C13H18F3N3S. The molecule has 1 heterocycles. The summed E-state index contributed by atoms with van der Waals surface area (Å²) in [6.45, 7) is 2.11. The van der Waals surface area contributed by atoms with E-state index in [0.717, 1.165) is 37.3 Å². The molecule has 0 aliphatic heterocycles. The molecule has 0 spiro atoms. The van der Waals surface area contributed by atoms with Gasteiger partial charge in [0, 0.05) is 11.3 Å². The van der Waals surface area contributed by atoms with Gasteiger partial charge in [-0.1, -0.05) is 6.92 Å². The van der Waals surface area contributed by atoms with E-state index in [1.54, 1.807) is 0 Å². The highest BCUT2D eigenvalue weighted by molar-refractivity contribution is 7.99. The molecule has 0 bridgehead atoms. The Morgan fingerprint density at radius 3 is 2.85 bits per heavy atom. The topological polar surface area (TPSA) is 50.9 Å². The first-order chi connectivity index (χ1) is 9.40.